The molecule has 0 aromatic heterocycles. The molecule has 0 saturated heterocycles. The van der Waals surface area contributed by atoms with Crippen molar-refractivity contribution in [2.75, 3.05) is 21.3 Å². The second kappa shape index (κ2) is 5.13. The SMILES string of the molecule is CO[SiH](OC)OC.c1cc2ccc1-2. The van der Waals surface area contributed by atoms with Gasteiger partial charge in [0.15, 0.2) is 0 Å². The Labute approximate surface area is 80.2 Å². The van der Waals surface area contributed by atoms with Crippen molar-refractivity contribution < 1.29 is 13.3 Å². The van der Waals surface area contributed by atoms with Crippen LogP contribution in [0, 0.1) is 0 Å². The van der Waals surface area contributed by atoms with Crippen molar-refractivity contribution in [3.05, 3.63) is 24.3 Å². The predicted molar refractivity (Wildman–Crippen MR) is 53.6 cm³/mol. The lowest BCUT2D eigenvalue weighted by Gasteiger charge is -2.10. The van der Waals surface area contributed by atoms with Gasteiger partial charge in [-0.25, -0.2) is 0 Å². The standard InChI is InChI=1S/C6H4.C3H10O3Si/c1-2-6-4-3-5(1)6;1-4-7(5-2)6-3/h1-4H;7H,1-3H3. The van der Waals surface area contributed by atoms with Gasteiger partial charge in [-0.1, -0.05) is 24.3 Å². The van der Waals surface area contributed by atoms with Crippen LogP contribution in [-0.2, 0) is 13.3 Å². The van der Waals surface area contributed by atoms with E-state index in [9.17, 15) is 0 Å². The van der Waals surface area contributed by atoms with Crippen molar-refractivity contribution in [2.45, 2.75) is 0 Å². The van der Waals surface area contributed by atoms with Crippen LogP contribution in [0.3, 0.4) is 0 Å². The Bertz CT molecular complexity index is 217. The van der Waals surface area contributed by atoms with Crippen LogP contribution >= 0.6 is 0 Å². The van der Waals surface area contributed by atoms with Gasteiger partial charge in [0.1, 0.15) is 0 Å². The summed E-state index contributed by atoms with van der Waals surface area (Å²) in [6.07, 6.45) is 0. The molecule has 2 aliphatic carbocycles. The van der Waals surface area contributed by atoms with Crippen LogP contribution in [0.4, 0.5) is 0 Å². The normalized spacial score (nSPS) is 10.8. The summed E-state index contributed by atoms with van der Waals surface area (Å²) >= 11 is 0. The third kappa shape index (κ3) is 2.63. The van der Waals surface area contributed by atoms with Crippen LogP contribution in [0.15, 0.2) is 24.3 Å². The molecule has 0 aliphatic heterocycles. The average molecular weight is 198 g/mol. The molecule has 0 fully saturated rings. The first-order valence-electron chi connectivity index (χ1n) is 4.00. The largest absolute Gasteiger partial charge is 0.483 e. The summed E-state index contributed by atoms with van der Waals surface area (Å²) in [6, 6.07) is 8.48. The van der Waals surface area contributed by atoms with Gasteiger partial charge in [0, 0.05) is 21.3 Å². The van der Waals surface area contributed by atoms with Crippen molar-refractivity contribution >= 4 is 9.53 Å². The van der Waals surface area contributed by atoms with Crippen LogP contribution in [-0.4, -0.2) is 30.9 Å². The van der Waals surface area contributed by atoms with E-state index in [0.717, 1.165) is 0 Å². The Hall–Kier alpha value is -0.683. The van der Waals surface area contributed by atoms with E-state index in [1.54, 1.807) is 21.3 Å². The summed E-state index contributed by atoms with van der Waals surface area (Å²) in [5.41, 5.74) is 2.85. The number of fused-ring (bicyclic) bond motifs is 1. The molecule has 0 spiro atoms. The predicted octanol–water partition coefficient (Wildman–Crippen LogP) is 1.31. The zero-order chi connectivity index (χ0) is 9.68. The third-order valence-electron chi connectivity index (χ3n) is 1.80. The van der Waals surface area contributed by atoms with Crippen molar-refractivity contribution in [1.82, 2.24) is 0 Å². The molecule has 0 N–H and O–H groups in total. The minimum absolute atomic E-state index is 1.43. The van der Waals surface area contributed by atoms with E-state index in [1.165, 1.54) is 11.1 Å². The molecule has 0 aromatic carbocycles. The Morgan fingerprint density at radius 2 is 1.08 bits per heavy atom. The topological polar surface area (TPSA) is 27.7 Å². The maximum absolute atomic E-state index is 4.74. The molecule has 0 heterocycles. The molecular weight excluding hydrogens is 184 g/mol. The Balaban J connectivity index is 0.000000130. The number of hydrogen-bond acceptors (Lipinski definition) is 3. The van der Waals surface area contributed by atoms with Crippen molar-refractivity contribution in [3.8, 4) is 11.1 Å². The lowest BCUT2D eigenvalue weighted by atomic mass is 9.95. The highest BCUT2D eigenvalue weighted by atomic mass is 28.3. The maximum atomic E-state index is 4.74. The van der Waals surface area contributed by atoms with Gasteiger partial charge in [-0.3, -0.25) is 0 Å². The van der Waals surface area contributed by atoms with Crippen molar-refractivity contribution in [2.24, 2.45) is 0 Å². The Morgan fingerprint density at radius 3 is 1.08 bits per heavy atom. The summed E-state index contributed by atoms with van der Waals surface area (Å²) in [5, 5.41) is 0. The number of benzene rings is 1. The molecule has 0 radical (unpaired) electrons. The molecule has 0 amide bonds. The highest BCUT2D eigenvalue weighted by Gasteiger charge is 2.05. The van der Waals surface area contributed by atoms with Crippen LogP contribution in [0.2, 0.25) is 0 Å². The Morgan fingerprint density at radius 1 is 0.769 bits per heavy atom. The fraction of sp³-hybridized carbons (Fsp3) is 0.333. The molecule has 13 heavy (non-hydrogen) atoms. The van der Waals surface area contributed by atoms with E-state index in [-0.39, 0.29) is 0 Å². The zero-order valence-corrected chi connectivity index (χ0v) is 9.27. The molecule has 4 heteroatoms. The molecule has 2 aliphatic rings. The van der Waals surface area contributed by atoms with Crippen LogP contribution in [0.1, 0.15) is 0 Å². The van der Waals surface area contributed by atoms with E-state index in [4.69, 9.17) is 13.3 Å². The van der Waals surface area contributed by atoms with Gasteiger partial charge in [0.25, 0.3) is 0 Å². The maximum Gasteiger partial charge on any atom is 0.483 e. The van der Waals surface area contributed by atoms with Crippen molar-refractivity contribution in [3.63, 3.8) is 0 Å². The number of rotatable bonds is 3. The van der Waals surface area contributed by atoms with E-state index in [1.807, 2.05) is 0 Å². The van der Waals surface area contributed by atoms with E-state index in [0.29, 0.717) is 0 Å². The first kappa shape index (κ1) is 10.4. The zero-order valence-electron chi connectivity index (χ0n) is 8.11. The lowest BCUT2D eigenvalue weighted by molar-refractivity contribution is 0.163. The smallest absolute Gasteiger partial charge is 0.379 e. The summed E-state index contributed by atoms with van der Waals surface area (Å²) in [4.78, 5) is 0. The minimum atomic E-state index is -1.67. The molecule has 3 nitrogen and oxygen atoms in total. The van der Waals surface area contributed by atoms with Gasteiger partial charge in [-0.05, 0) is 11.1 Å². The van der Waals surface area contributed by atoms with Crippen LogP contribution in [0.25, 0.3) is 11.1 Å². The molecular formula is C9H14O3Si. The van der Waals surface area contributed by atoms with Crippen LogP contribution < -0.4 is 0 Å². The molecule has 0 bridgehead atoms. The highest BCUT2D eigenvalue weighted by molar-refractivity contribution is 6.36. The minimum Gasteiger partial charge on any atom is -0.379 e. The summed E-state index contributed by atoms with van der Waals surface area (Å²) in [7, 11) is 3.05. The number of hydrogen-bond donors (Lipinski definition) is 0. The van der Waals surface area contributed by atoms with Gasteiger partial charge in [-0.2, -0.15) is 0 Å². The van der Waals surface area contributed by atoms with Gasteiger partial charge >= 0.3 is 9.53 Å². The first-order valence-corrected chi connectivity index (χ1v) is 5.42. The quantitative estimate of drug-likeness (QED) is 0.696. The molecule has 0 saturated carbocycles. The lowest BCUT2D eigenvalue weighted by Crippen LogP contribution is -2.21. The first-order chi connectivity index (χ1) is 6.31. The Kier molecular flexibility index (Phi) is 4.11. The van der Waals surface area contributed by atoms with Crippen molar-refractivity contribution in [1.29, 1.82) is 0 Å². The fourth-order valence-corrected chi connectivity index (χ4v) is 1.53. The van der Waals surface area contributed by atoms with Gasteiger partial charge < -0.3 is 13.3 Å². The molecule has 0 atom stereocenters. The van der Waals surface area contributed by atoms with Gasteiger partial charge in [-0.15, -0.1) is 0 Å². The van der Waals surface area contributed by atoms with Crippen LogP contribution in [0.5, 0.6) is 0 Å². The summed E-state index contributed by atoms with van der Waals surface area (Å²) in [6.45, 7) is 0. The monoisotopic (exact) mass is 198 g/mol. The van der Waals surface area contributed by atoms with Gasteiger partial charge in [0.2, 0.25) is 0 Å². The molecule has 2 rings (SSSR count). The molecule has 72 valence electrons. The summed E-state index contributed by atoms with van der Waals surface area (Å²) in [5.74, 6) is 0. The highest BCUT2D eigenvalue weighted by Crippen LogP contribution is 2.29. The fourth-order valence-electron chi connectivity index (χ4n) is 0.951. The van der Waals surface area contributed by atoms with E-state index in [2.05, 4.69) is 24.3 Å². The third-order valence-corrected chi connectivity index (χ3v) is 2.95. The van der Waals surface area contributed by atoms with E-state index >= 15 is 0 Å². The average Bonchev–Trinajstić information content (AvgIpc) is 2.15. The van der Waals surface area contributed by atoms with Gasteiger partial charge in [0.05, 0.1) is 0 Å². The summed E-state index contributed by atoms with van der Waals surface area (Å²) < 4.78 is 14.2. The second-order valence-corrected chi connectivity index (χ2v) is 4.56. The second-order valence-electron chi connectivity index (χ2n) is 2.57. The van der Waals surface area contributed by atoms with E-state index < -0.39 is 9.53 Å². The molecule has 0 unspecified atom stereocenters. The molecule has 0 aromatic rings.